The van der Waals surface area contributed by atoms with Gasteiger partial charge in [0.2, 0.25) is 0 Å². The topological polar surface area (TPSA) is 78.9 Å². The predicted octanol–water partition coefficient (Wildman–Crippen LogP) is 19.8. The van der Waals surface area contributed by atoms with Gasteiger partial charge in [0.1, 0.15) is 13.2 Å². The van der Waals surface area contributed by atoms with Crippen LogP contribution in [0.15, 0.2) is 48.6 Å². The molecule has 0 rings (SSSR count). The number of carbonyl (C=O) groups is 3. The van der Waals surface area contributed by atoms with Crippen LogP contribution >= 0.6 is 0 Å². The molecule has 6 heteroatoms. The molecule has 0 amide bonds. The molecule has 0 aromatic heterocycles. The van der Waals surface area contributed by atoms with E-state index in [-0.39, 0.29) is 31.1 Å². The number of unbranched alkanes of at least 4 members (excludes halogenated alkanes) is 35. The lowest BCUT2D eigenvalue weighted by Crippen LogP contribution is -2.30. The first kappa shape index (κ1) is 65.4. The van der Waals surface area contributed by atoms with Crippen molar-refractivity contribution in [2.75, 3.05) is 13.2 Å². The lowest BCUT2D eigenvalue weighted by atomic mass is 10.0. The average molecular weight is 954 g/mol. The van der Waals surface area contributed by atoms with Crippen molar-refractivity contribution >= 4 is 17.9 Å². The molecule has 6 nitrogen and oxygen atoms in total. The molecule has 0 aromatic rings. The summed E-state index contributed by atoms with van der Waals surface area (Å²) in [7, 11) is 0. The molecule has 1 atom stereocenters. The molecule has 0 heterocycles. The van der Waals surface area contributed by atoms with Gasteiger partial charge in [-0.2, -0.15) is 0 Å². The molecular weight excluding hydrogens is 841 g/mol. The highest BCUT2D eigenvalue weighted by Crippen LogP contribution is 2.16. The molecule has 0 saturated heterocycles. The fourth-order valence-corrected chi connectivity index (χ4v) is 8.57. The Kier molecular flexibility index (Phi) is 54.8. The van der Waals surface area contributed by atoms with Gasteiger partial charge in [-0.3, -0.25) is 14.4 Å². The Morgan fingerprint density at radius 3 is 0.897 bits per heavy atom. The first-order chi connectivity index (χ1) is 33.5. The molecule has 0 radical (unpaired) electrons. The van der Waals surface area contributed by atoms with Gasteiger partial charge < -0.3 is 14.2 Å². The van der Waals surface area contributed by atoms with Crippen LogP contribution in [0, 0.1) is 0 Å². The Labute approximate surface area is 422 Å². The zero-order valence-corrected chi connectivity index (χ0v) is 45.4. The van der Waals surface area contributed by atoms with Crippen molar-refractivity contribution in [3.05, 3.63) is 48.6 Å². The van der Waals surface area contributed by atoms with Gasteiger partial charge in [0, 0.05) is 19.3 Å². The summed E-state index contributed by atoms with van der Waals surface area (Å²) in [6.45, 7) is 6.59. The van der Waals surface area contributed by atoms with E-state index in [2.05, 4.69) is 69.4 Å². The Morgan fingerprint density at radius 1 is 0.294 bits per heavy atom. The van der Waals surface area contributed by atoms with Gasteiger partial charge in [0.25, 0.3) is 0 Å². The van der Waals surface area contributed by atoms with Gasteiger partial charge in [0.15, 0.2) is 6.10 Å². The molecule has 68 heavy (non-hydrogen) atoms. The molecule has 0 fully saturated rings. The molecular formula is C62H112O6. The number of carbonyl (C=O) groups excluding carboxylic acids is 3. The third-order valence-corrected chi connectivity index (χ3v) is 13.0. The number of hydrogen-bond acceptors (Lipinski definition) is 6. The van der Waals surface area contributed by atoms with Crippen LogP contribution in [0.1, 0.15) is 310 Å². The highest BCUT2D eigenvalue weighted by atomic mass is 16.6. The first-order valence-corrected chi connectivity index (χ1v) is 29.6. The summed E-state index contributed by atoms with van der Waals surface area (Å²) in [6.07, 6.45) is 69.7. The molecule has 0 spiro atoms. The van der Waals surface area contributed by atoms with E-state index >= 15 is 0 Å². The van der Waals surface area contributed by atoms with Crippen LogP contribution in [0.2, 0.25) is 0 Å². The zero-order valence-electron chi connectivity index (χ0n) is 45.4. The zero-order chi connectivity index (χ0) is 49.3. The summed E-state index contributed by atoms with van der Waals surface area (Å²) in [6, 6.07) is 0. The number of esters is 3. The van der Waals surface area contributed by atoms with Crippen LogP contribution in [0.4, 0.5) is 0 Å². The average Bonchev–Trinajstić information content (AvgIpc) is 3.34. The Morgan fingerprint density at radius 2 is 0.559 bits per heavy atom. The quantitative estimate of drug-likeness (QED) is 0.0262. The van der Waals surface area contributed by atoms with Crippen molar-refractivity contribution in [2.24, 2.45) is 0 Å². The predicted molar refractivity (Wildman–Crippen MR) is 293 cm³/mol. The van der Waals surface area contributed by atoms with Gasteiger partial charge in [-0.1, -0.05) is 262 Å². The largest absolute Gasteiger partial charge is 0.462 e. The minimum absolute atomic E-state index is 0.0749. The Bertz CT molecular complexity index is 1190. The van der Waals surface area contributed by atoms with Crippen LogP contribution in [0.25, 0.3) is 0 Å². The molecule has 0 aliphatic heterocycles. The summed E-state index contributed by atoms with van der Waals surface area (Å²) in [5, 5.41) is 0. The fourth-order valence-electron chi connectivity index (χ4n) is 8.57. The monoisotopic (exact) mass is 953 g/mol. The summed E-state index contributed by atoms with van der Waals surface area (Å²) in [4.78, 5) is 38.1. The van der Waals surface area contributed by atoms with Gasteiger partial charge in [-0.25, -0.2) is 0 Å². The van der Waals surface area contributed by atoms with E-state index in [0.29, 0.717) is 19.3 Å². The van der Waals surface area contributed by atoms with Crippen LogP contribution < -0.4 is 0 Å². The van der Waals surface area contributed by atoms with E-state index < -0.39 is 6.10 Å². The number of rotatable bonds is 54. The van der Waals surface area contributed by atoms with Gasteiger partial charge in [0.05, 0.1) is 0 Å². The molecule has 1 unspecified atom stereocenters. The lowest BCUT2D eigenvalue weighted by Gasteiger charge is -2.18. The van der Waals surface area contributed by atoms with Gasteiger partial charge >= 0.3 is 17.9 Å². The maximum Gasteiger partial charge on any atom is 0.306 e. The second kappa shape index (κ2) is 57.0. The third kappa shape index (κ3) is 54.3. The van der Waals surface area contributed by atoms with E-state index in [1.165, 1.54) is 186 Å². The van der Waals surface area contributed by atoms with Crippen LogP contribution in [-0.4, -0.2) is 37.2 Å². The minimum Gasteiger partial charge on any atom is -0.462 e. The number of ether oxygens (including phenoxy) is 3. The molecule has 0 bridgehead atoms. The van der Waals surface area contributed by atoms with E-state index in [0.717, 1.165) is 83.5 Å². The molecule has 0 aliphatic carbocycles. The van der Waals surface area contributed by atoms with Gasteiger partial charge in [-0.05, 0) is 77.0 Å². The van der Waals surface area contributed by atoms with Crippen molar-refractivity contribution in [2.45, 2.75) is 316 Å². The summed E-state index contributed by atoms with van der Waals surface area (Å²) >= 11 is 0. The Balaban J connectivity index is 4.22. The van der Waals surface area contributed by atoms with E-state index in [4.69, 9.17) is 14.2 Å². The first-order valence-electron chi connectivity index (χ1n) is 29.6. The maximum absolute atomic E-state index is 12.8. The maximum atomic E-state index is 12.8. The van der Waals surface area contributed by atoms with Crippen molar-refractivity contribution in [3.63, 3.8) is 0 Å². The fraction of sp³-hybridized carbons (Fsp3) is 0.823. The SMILES string of the molecule is CCC/C=C\CCCCCCCC(=O)OCC(COC(=O)CCCCCCCCCCCC/C=C\C/C=C\C/C=C\CCCCCCC)OC(=O)CCCCCCCCCCCCCCCCC. The van der Waals surface area contributed by atoms with Crippen LogP contribution in [0.5, 0.6) is 0 Å². The van der Waals surface area contributed by atoms with Crippen molar-refractivity contribution < 1.29 is 28.6 Å². The van der Waals surface area contributed by atoms with Gasteiger partial charge in [-0.15, -0.1) is 0 Å². The normalized spacial score (nSPS) is 12.3. The van der Waals surface area contributed by atoms with Crippen molar-refractivity contribution in [1.82, 2.24) is 0 Å². The molecule has 0 saturated carbocycles. The number of allylic oxidation sites excluding steroid dienone is 8. The minimum atomic E-state index is -0.775. The standard InChI is InChI=1S/C62H112O6/c1-4-7-10-13-16-19-22-24-26-27-28-29-30-31-32-33-34-35-37-38-40-43-46-49-52-55-61(64)67-58-59(57-66-60(63)54-51-48-45-42-21-18-15-12-9-6-3)68-62(65)56-53-50-47-44-41-39-36-25-23-20-17-14-11-8-5-2/h12,15,22,24,27-28,30-31,59H,4-11,13-14,16-21,23,25-26,29,32-58H2,1-3H3/b15-12-,24-22-,28-27-,31-30-. The summed E-state index contributed by atoms with van der Waals surface area (Å²) in [5.74, 6) is -0.875. The lowest BCUT2D eigenvalue weighted by molar-refractivity contribution is -0.167. The summed E-state index contributed by atoms with van der Waals surface area (Å²) in [5.41, 5.74) is 0. The highest BCUT2D eigenvalue weighted by molar-refractivity contribution is 5.71. The molecule has 0 aromatic carbocycles. The van der Waals surface area contributed by atoms with Crippen molar-refractivity contribution in [3.8, 4) is 0 Å². The van der Waals surface area contributed by atoms with E-state index in [1.54, 1.807) is 0 Å². The molecule has 396 valence electrons. The molecule has 0 aliphatic rings. The van der Waals surface area contributed by atoms with E-state index in [1.807, 2.05) is 0 Å². The van der Waals surface area contributed by atoms with Crippen LogP contribution in [0.3, 0.4) is 0 Å². The van der Waals surface area contributed by atoms with E-state index in [9.17, 15) is 14.4 Å². The number of hydrogen-bond donors (Lipinski definition) is 0. The second-order valence-electron chi connectivity index (χ2n) is 19.9. The second-order valence-corrected chi connectivity index (χ2v) is 19.9. The highest BCUT2D eigenvalue weighted by Gasteiger charge is 2.19. The third-order valence-electron chi connectivity index (χ3n) is 13.0. The molecule has 0 N–H and O–H groups in total. The smallest absolute Gasteiger partial charge is 0.306 e. The van der Waals surface area contributed by atoms with Crippen molar-refractivity contribution in [1.29, 1.82) is 0 Å². The Hall–Kier alpha value is -2.63. The van der Waals surface area contributed by atoms with Crippen LogP contribution in [-0.2, 0) is 28.6 Å². The summed E-state index contributed by atoms with van der Waals surface area (Å²) < 4.78 is 16.8.